The smallest absolute Gasteiger partial charge is 0.119 e. The Morgan fingerprint density at radius 2 is 1.67 bits per heavy atom. The van der Waals surface area contributed by atoms with E-state index in [1.54, 1.807) is 0 Å². The first-order chi connectivity index (χ1) is 10.1. The van der Waals surface area contributed by atoms with Gasteiger partial charge >= 0.3 is 0 Å². The predicted molar refractivity (Wildman–Crippen MR) is 84.7 cm³/mol. The van der Waals surface area contributed by atoms with Crippen LogP contribution in [0.2, 0.25) is 0 Å². The fourth-order valence-electron chi connectivity index (χ4n) is 3.17. The molecule has 0 bridgehead atoms. The monoisotopic (exact) mass is 289 g/mol. The molecule has 1 aromatic carbocycles. The molecule has 1 atom stereocenters. The van der Waals surface area contributed by atoms with Crippen molar-refractivity contribution in [2.45, 2.75) is 51.7 Å². The van der Waals surface area contributed by atoms with Crippen molar-refractivity contribution in [2.24, 2.45) is 11.8 Å². The summed E-state index contributed by atoms with van der Waals surface area (Å²) in [5.41, 5.74) is 2.39. The summed E-state index contributed by atoms with van der Waals surface area (Å²) in [6.07, 6.45) is 5.02. The van der Waals surface area contributed by atoms with Gasteiger partial charge in [0.1, 0.15) is 18.5 Å². The average molecular weight is 289 g/mol. The first-order valence-electron chi connectivity index (χ1n) is 8.24. The maximum atomic E-state index is 10.1. The Morgan fingerprint density at radius 1 is 1.10 bits per heavy atom. The number of aliphatic hydroxyl groups is 1. The van der Waals surface area contributed by atoms with Crippen LogP contribution in [0.15, 0.2) is 18.2 Å². The minimum atomic E-state index is -0.439. The van der Waals surface area contributed by atoms with Crippen molar-refractivity contribution < 1.29 is 9.84 Å². The summed E-state index contributed by atoms with van der Waals surface area (Å²) < 4.78 is 5.72. The van der Waals surface area contributed by atoms with Crippen molar-refractivity contribution in [1.82, 2.24) is 5.32 Å². The lowest BCUT2D eigenvalue weighted by molar-refractivity contribution is 0.101. The molecular weight excluding hydrogens is 262 g/mol. The maximum absolute atomic E-state index is 10.1. The SMILES string of the molecule is Cc1cc(C)cc(OCC(O)CNC(C2CC2)C2CC2)c1. The van der Waals surface area contributed by atoms with Gasteiger partial charge < -0.3 is 15.2 Å². The van der Waals surface area contributed by atoms with Crippen molar-refractivity contribution in [3.63, 3.8) is 0 Å². The molecule has 0 aromatic heterocycles. The summed E-state index contributed by atoms with van der Waals surface area (Å²) in [4.78, 5) is 0. The Labute approximate surface area is 127 Å². The number of hydrogen-bond donors (Lipinski definition) is 2. The molecular formula is C18H27NO2. The Balaban J connectivity index is 1.42. The Kier molecular flexibility index (Phi) is 4.51. The van der Waals surface area contributed by atoms with Crippen molar-refractivity contribution in [3.05, 3.63) is 29.3 Å². The van der Waals surface area contributed by atoms with Gasteiger partial charge in [-0.2, -0.15) is 0 Å². The van der Waals surface area contributed by atoms with Gasteiger partial charge in [-0.3, -0.25) is 0 Å². The first kappa shape index (κ1) is 14.9. The molecule has 116 valence electrons. The van der Waals surface area contributed by atoms with Gasteiger partial charge in [0.05, 0.1) is 0 Å². The van der Waals surface area contributed by atoms with Crippen LogP contribution in [-0.4, -0.2) is 30.4 Å². The number of rotatable bonds is 8. The summed E-state index contributed by atoms with van der Waals surface area (Å²) in [7, 11) is 0. The van der Waals surface area contributed by atoms with Crippen LogP contribution in [0.4, 0.5) is 0 Å². The first-order valence-corrected chi connectivity index (χ1v) is 8.24. The van der Waals surface area contributed by atoms with Crippen molar-refractivity contribution in [3.8, 4) is 5.75 Å². The average Bonchev–Trinajstić information content (AvgIpc) is 3.28. The molecule has 2 fully saturated rings. The van der Waals surface area contributed by atoms with Crippen LogP contribution >= 0.6 is 0 Å². The third-order valence-corrected chi connectivity index (χ3v) is 4.49. The highest BCUT2D eigenvalue weighted by atomic mass is 16.5. The van der Waals surface area contributed by atoms with Gasteiger partial charge in [0.15, 0.2) is 0 Å². The van der Waals surface area contributed by atoms with Crippen molar-refractivity contribution in [1.29, 1.82) is 0 Å². The second kappa shape index (κ2) is 6.37. The topological polar surface area (TPSA) is 41.5 Å². The summed E-state index contributed by atoms with van der Waals surface area (Å²) in [6.45, 7) is 5.13. The highest BCUT2D eigenvalue weighted by Gasteiger charge is 2.41. The number of aryl methyl sites for hydroxylation is 2. The summed E-state index contributed by atoms with van der Waals surface area (Å²) in [5, 5.41) is 13.7. The van der Waals surface area contributed by atoms with E-state index in [1.165, 1.54) is 36.8 Å². The lowest BCUT2D eigenvalue weighted by Gasteiger charge is -2.20. The zero-order chi connectivity index (χ0) is 14.8. The van der Waals surface area contributed by atoms with E-state index in [1.807, 2.05) is 12.1 Å². The van der Waals surface area contributed by atoms with Crippen LogP contribution in [0.25, 0.3) is 0 Å². The molecule has 0 aliphatic heterocycles. The van der Waals surface area contributed by atoms with Crippen LogP contribution < -0.4 is 10.1 Å². The van der Waals surface area contributed by atoms with Gasteiger partial charge in [0, 0.05) is 12.6 Å². The van der Waals surface area contributed by atoms with Crippen LogP contribution in [0.5, 0.6) is 5.75 Å². The number of hydrogen-bond acceptors (Lipinski definition) is 3. The van der Waals surface area contributed by atoms with Crippen LogP contribution in [-0.2, 0) is 0 Å². The van der Waals surface area contributed by atoms with Crippen molar-refractivity contribution in [2.75, 3.05) is 13.2 Å². The van der Waals surface area contributed by atoms with Crippen molar-refractivity contribution >= 4 is 0 Å². The summed E-state index contributed by atoms with van der Waals surface area (Å²) in [5.74, 6) is 2.59. The van der Waals surface area contributed by atoms with Crippen LogP contribution in [0, 0.1) is 25.7 Å². The van der Waals surface area contributed by atoms with E-state index < -0.39 is 6.10 Å². The van der Waals surface area contributed by atoms with E-state index in [2.05, 4.69) is 25.2 Å². The second-order valence-electron chi connectivity index (χ2n) is 6.90. The third-order valence-electron chi connectivity index (χ3n) is 4.49. The molecule has 2 aliphatic rings. The van der Waals surface area contributed by atoms with Gasteiger partial charge in [-0.1, -0.05) is 6.07 Å². The van der Waals surface area contributed by atoms with Crippen LogP contribution in [0.1, 0.15) is 36.8 Å². The van der Waals surface area contributed by atoms with E-state index in [4.69, 9.17) is 4.74 Å². The molecule has 1 aromatic rings. The highest BCUT2D eigenvalue weighted by molar-refractivity contribution is 5.32. The van der Waals surface area contributed by atoms with Gasteiger partial charge in [-0.05, 0) is 74.6 Å². The number of benzene rings is 1. The normalized spacial score (nSPS) is 19.8. The van der Waals surface area contributed by atoms with Gasteiger partial charge in [-0.15, -0.1) is 0 Å². The Bertz CT molecular complexity index is 448. The third kappa shape index (κ3) is 4.45. The summed E-state index contributed by atoms with van der Waals surface area (Å²) >= 11 is 0. The molecule has 0 saturated heterocycles. The van der Waals surface area contributed by atoms with E-state index in [-0.39, 0.29) is 0 Å². The fraction of sp³-hybridized carbons (Fsp3) is 0.667. The zero-order valence-corrected chi connectivity index (χ0v) is 13.1. The van der Waals surface area contributed by atoms with E-state index in [0.29, 0.717) is 19.2 Å². The second-order valence-corrected chi connectivity index (χ2v) is 6.90. The zero-order valence-electron chi connectivity index (χ0n) is 13.1. The molecule has 0 amide bonds. The van der Waals surface area contributed by atoms with E-state index >= 15 is 0 Å². The number of nitrogens with one attached hydrogen (secondary N) is 1. The molecule has 21 heavy (non-hydrogen) atoms. The lowest BCUT2D eigenvalue weighted by Crippen LogP contribution is -2.40. The fourth-order valence-corrected chi connectivity index (χ4v) is 3.17. The Morgan fingerprint density at radius 3 is 2.19 bits per heavy atom. The molecule has 0 radical (unpaired) electrons. The van der Waals surface area contributed by atoms with Gasteiger partial charge in [-0.25, -0.2) is 0 Å². The van der Waals surface area contributed by atoms with E-state index in [0.717, 1.165) is 17.6 Å². The molecule has 3 heteroatoms. The molecule has 2 N–H and O–H groups in total. The number of aliphatic hydroxyl groups excluding tert-OH is 1. The predicted octanol–water partition coefficient (Wildman–Crippen LogP) is 2.82. The number of ether oxygens (including phenoxy) is 1. The molecule has 2 aliphatic carbocycles. The highest BCUT2D eigenvalue weighted by Crippen LogP contribution is 2.44. The van der Waals surface area contributed by atoms with Crippen LogP contribution in [0.3, 0.4) is 0 Å². The minimum Gasteiger partial charge on any atom is -0.491 e. The van der Waals surface area contributed by atoms with Gasteiger partial charge in [0.2, 0.25) is 0 Å². The molecule has 3 nitrogen and oxygen atoms in total. The quantitative estimate of drug-likeness (QED) is 0.773. The minimum absolute atomic E-state index is 0.359. The van der Waals surface area contributed by atoms with Gasteiger partial charge in [0.25, 0.3) is 0 Å². The molecule has 1 unspecified atom stereocenters. The molecule has 3 rings (SSSR count). The Hall–Kier alpha value is -1.06. The van der Waals surface area contributed by atoms with E-state index in [9.17, 15) is 5.11 Å². The largest absolute Gasteiger partial charge is 0.491 e. The standard InChI is InChI=1S/C18H27NO2/c1-12-7-13(2)9-17(8-12)21-11-16(20)10-19-18(14-3-4-14)15-5-6-15/h7-9,14-16,18-20H,3-6,10-11H2,1-2H3. The molecule has 0 spiro atoms. The molecule has 2 saturated carbocycles. The summed E-state index contributed by atoms with van der Waals surface area (Å²) in [6, 6.07) is 6.80. The molecule has 0 heterocycles. The lowest BCUT2D eigenvalue weighted by atomic mass is 10.1. The maximum Gasteiger partial charge on any atom is 0.119 e.